The van der Waals surface area contributed by atoms with Gasteiger partial charge < -0.3 is 4.74 Å². The summed E-state index contributed by atoms with van der Waals surface area (Å²) in [6, 6.07) is 0. The molecular formula is C5H9O2U-. The van der Waals surface area contributed by atoms with Crippen molar-refractivity contribution in [1.29, 1.82) is 0 Å². The molecule has 0 atom stereocenters. The van der Waals surface area contributed by atoms with Gasteiger partial charge in [0.15, 0.2) is 5.97 Å². The summed E-state index contributed by atoms with van der Waals surface area (Å²) in [7, 11) is 1.37. The first-order valence-electron chi connectivity index (χ1n) is 2.07. The number of ether oxygens (including phenoxy) is 1. The Morgan fingerprint density at radius 3 is 1.88 bits per heavy atom. The Morgan fingerprint density at radius 2 is 1.88 bits per heavy atom. The summed E-state index contributed by atoms with van der Waals surface area (Å²) in [4.78, 5) is 10.3. The fourth-order valence-electron chi connectivity index (χ4n) is 0.204. The van der Waals surface area contributed by atoms with E-state index in [2.05, 4.69) is 4.74 Å². The molecule has 2 nitrogen and oxygen atoms in total. The number of esters is 1. The number of rotatable bonds is 1. The number of hydrogen-bond acceptors (Lipinski definition) is 2. The van der Waals surface area contributed by atoms with E-state index in [0.717, 1.165) is 0 Å². The summed E-state index contributed by atoms with van der Waals surface area (Å²) in [5.74, 6) is 0.447. The molecule has 0 heterocycles. The van der Waals surface area contributed by atoms with Gasteiger partial charge in [-0.1, -0.05) is 0 Å². The summed E-state index contributed by atoms with van der Waals surface area (Å²) < 4.78 is 4.34. The largest absolute Gasteiger partial charge is 0.491 e. The third-order valence-corrected chi connectivity index (χ3v) is 0.594. The van der Waals surface area contributed by atoms with E-state index in [0.29, 0.717) is 5.92 Å². The van der Waals surface area contributed by atoms with Crippen molar-refractivity contribution in [3.8, 4) is 0 Å². The van der Waals surface area contributed by atoms with Crippen LogP contribution in [0, 0.1) is 37.0 Å². The van der Waals surface area contributed by atoms with Gasteiger partial charge in [-0.25, -0.2) is 0 Å². The quantitative estimate of drug-likeness (QED) is 0.521. The van der Waals surface area contributed by atoms with E-state index in [-0.39, 0.29) is 37.1 Å². The smallest absolute Gasteiger partial charge is 0.168 e. The van der Waals surface area contributed by atoms with E-state index in [1.807, 2.05) is 0 Å². The molecule has 0 aliphatic rings. The minimum atomic E-state index is -0.236. The first-order valence-corrected chi connectivity index (χ1v) is 2.07. The zero-order chi connectivity index (χ0) is 5.86. The molecule has 3 heteroatoms. The molecule has 0 saturated carbocycles. The third kappa shape index (κ3) is 4.55. The molecule has 0 aromatic heterocycles. The SMILES string of the molecule is COC(=O)[C-](C)C.[U]. The summed E-state index contributed by atoms with van der Waals surface area (Å²) in [6.45, 7) is 3.43. The predicted octanol–water partition coefficient (Wildman–Crippen LogP) is 0.774. The molecule has 0 unspecified atom stereocenters. The van der Waals surface area contributed by atoms with Gasteiger partial charge in [0, 0.05) is 31.1 Å². The number of hydrogen-bond donors (Lipinski definition) is 0. The van der Waals surface area contributed by atoms with E-state index in [1.165, 1.54) is 7.11 Å². The van der Waals surface area contributed by atoms with Crippen molar-refractivity contribution in [1.82, 2.24) is 0 Å². The van der Waals surface area contributed by atoms with Crippen molar-refractivity contribution in [3.05, 3.63) is 5.92 Å². The maximum Gasteiger partial charge on any atom is 0.168 e. The minimum absolute atomic E-state index is 0. The van der Waals surface area contributed by atoms with Crippen LogP contribution in [-0.2, 0) is 9.53 Å². The van der Waals surface area contributed by atoms with Crippen molar-refractivity contribution in [3.63, 3.8) is 0 Å². The molecule has 0 fully saturated rings. The zero-order valence-corrected chi connectivity index (χ0v) is 9.48. The Balaban J connectivity index is 0. The first kappa shape index (κ1) is 11.2. The zero-order valence-electron chi connectivity index (χ0n) is 5.32. The Hall–Kier alpha value is 0.392. The van der Waals surface area contributed by atoms with E-state index in [1.54, 1.807) is 13.8 Å². The standard InChI is InChI=1S/C5H9O2.U/c1-4(2)5(6)7-3;/h1-3H3;/q-1;. The van der Waals surface area contributed by atoms with Gasteiger partial charge in [0.05, 0.1) is 7.11 Å². The molecule has 0 spiro atoms. The van der Waals surface area contributed by atoms with Gasteiger partial charge in [-0.2, -0.15) is 13.8 Å². The Bertz CT molecular complexity index is 70.8. The van der Waals surface area contributed by atoms with Crippen molar-refractivity contribution in [2.24, 2.45) is 0 Å². The molecule has 0 amide bonds. The van der Waals surface area contributed by atoms with Crippen LogP contribution in [0.5, 0.6) is 0 Å². The number of carbonyl (C=O) groups is 1. The van der Waals surface area contributed by atoms with Crippen LogP contribution in [0.3, 0.4) is 0 Å². The van der Waals surface area contributed by atoms with Crippen LogP contribution in [0.25, 0.3) is 0 Å². The average Bonchev–Trinajstić information content (AvgIpc) is 1.65. The monoisotopic (exact) mass is 339 g/mol. The molecule has 0 aliphatic heterocycles. The van der Waals surface area contributed by atoms with Gasteiger partial charge >= 0.3 is 0 Å². The second-order valence-electron chi connectivity index (χ2n) is 1.49. The van der Waals surface area contributed by atoms with Crippen LogP contribution in [0.1, 0.15) is 13.8 Å². The van der Waals surface area contributed by atoms with Crippen molar-refractivity contribution in [2.45, 2.75) is 13.8 Å². The first-order chi connectivity index (χ1) is 3.18. The molecular weight excluding hydrogens is 330 g/mol. The van der Waals surface area contributed by atoms with E-state index < -0.39 is 0 Å². The minimum Gasteiger partial charge on any atom is -0.491 e. The second-order valence-corrected chi connectivity index (χ2v) is 1.49. The van der Waals surface area contributed by atoms with Gasteiger partial charge in [0.2, 0.25) is 0 Å². The van der Waals surface area contributed by atoms with Gasteiger partial charge in [0.1, 0.15) is 0 Å². The van der Waals surface area contributed by atoms with Gasteiger partial charge in [-0.05, 0) is 0 Å². The van der Waals surface area contributed by atoms with Gasteiger partial charge in [-0.15, -0.1) is 0 Å². The van der Waals surface area contributed by atoms with Crippen LogP contribution >= 0.6 is 0 Å². The summed E-state index contributed by atoms with van der Waals surface area (Å²) in [6.07, 6.45) is 0. The fraction of sp³-hybridized carbons (Fsp3) is 0.600. The Kier molecular flexibility index (Phi) is 7.75. The molecule has 0 rings (SSSR count). The maximum atomic E-state index is 10.3. The fourth-order valence-corrected chi connectivity index (χ4v) is 0.204. The van der Waals surface area contributed by atoms with Crippen LogP contribution in [0.4, 0.5) is 0 Å². The van der Waals surface area contributed by atoms with Crippen LogP contribution < -0.4 is 0 Å². The third-order valence-electron chi connectivity index (χ3n) is 0.594. The van der Waals surface area contributed by atoms with Gasteiger partial charge in [0.25, 0.3) is 0 Å². The van der Waals surface area contributed by atoms with Crippen LogP contribution in [-0.4, -0.2) is 13.1 Å². The molecule has 0 radical (unpaired) electrons. The summed E-state index contributed by atoms with van der Waals surface area (Å²) in [5.41, 5.74) is 0. The Morgan fingerprint density at radius 1 is 1.50 bits per heavy atom. The second kappa shape index (κ2) is 5.53. The van der Waals surface area contributed by atoms with Crippen molar-refractivity contribution in [2.75, 3.05) is 7.11 Å². The van der Waals surface area contributed by atoms with Gasteiger partial charge in [-0.3, -0.25) is 10.7 Å². The van der Waals surface area contributed by atoms with Crippen molar-refractivity contribution < 1.29 is 40.6 Å². The predicted molar refractivity (Wildman–Crippen MR) is 26.6 cm³/mol. The van der Waals surface area contributed by atoms with E-state index in [4.69, 9.17) is 0 Å². The number of methoxy groups -OCH3 is 1. The molecule has 0 saturated heterocycles. The van der Waals surface area contributed by atoms with Crippen molar-refractivity contribution >= 4 is 5.97 Å². The summed E-state index contributed by atoms with van der Waals surface area (Å²) >= 11 is 0. The van der Waals surface area contributed by atoms with Crippen LogP contribution in [0.15, 0.2) is 0 Å². The molecule has 0 aromatic rings. The molecule has 46 valence electrons. The topological polar surface area (TPSA) is 26.3 Å². The van der Waals surface area contributed by atoms with E-state index in [9.17, 15) is 4.79 Å². The number of carbonyl (C=O) groups excluding carboxylic acids is 1. The molecule has 0 bridgehead atoms. The molecule has 0 aliphatic carbocycles. The maximum absolute atomic E-state index is 10.3. The molecule has 0 N–H and O–H groups in total. The summed E-state index contributed by atoms with van der Waals surface area (Å²) in [5, 5.41) is 0. The molecule has 0 aromatic carbocycles. The van der Waals surface area contributed by atoms with Crippen LogP contribution in [0.2, 0.25) is 0 Å². The Labute approximate surface area is 73.4 Å². The normalized spacial score (nSPS) is 6.88. The average molecular weight is 339 g/mol. The van der Waals surface area contributed by atoms with E-state index >= 15 is 0 Å². The molecule has 8 heavy (non-hydrogen) atoms.